The number of aryl methyl sites for hydroxylation is 2. The van der Waals surface area contributed by atoms with E-state index in [4.69, 9.17) is 13.9 Å². The Bertz CT molecular complexity index is 793. The van der Waals surface area contributed by atoms with E-state index in [9.17, 15) is 9.90 Å². The Morgan fingerprint density at radius 3 is 2.84 bits per heavy atom. The molecule has 1 unspecified atom stereocenters. The molecule has 2 N–H and O–H groups in total. The molecule has 6 heteroatoms. The normalized spacial score (nSPS) is 14.0. The van der Waals surface area contributed by atoms with Crippen LogP contribution >= 0.6 is 0 Å². The van der Waals surface area contributed by atoms with Crippen LogP contribution in [0, 0.1) is 13.8 Å². The summed E-state index contributed by atoms with van der Waals surface area (Å²) in [6, 6.07) is 7.30. The molecule has 0 radical (unpaired) electrons. The Morgan fingerprint density at radius 1 is 1.28 bits per heavy atom. The Labute approximate surface area is 146 Å². The van der Waals surface area contributed by atoms with Crippen LogP contribution in [0.5, 0.6) is 11.5 Å². The van der Waals surface area contributed by atoms with E-state index >= 15 is 0 Å². The highest BCUT2D eigenvalue weighted by molar-refractivity contribution is 5.91. The second-order valence-electron chi connectivity index (χ2n) is 5.91. The van der Waals surface area contributed by atoms with E-state index in [1.807, 2.05) is 38.1 Å². The Kier molecular flexibility index (Phi) is 5.09. The number of aliphatic hydroxyl groups is 1. The van der Waals surface area contributed by atoms with Crippen LogP contribution in [0.3, 0.4) is 0 Å². The minimum Gasteiger partial charge on any atom is -0.466 e. The fourth-order valence-corrected chi connectivity index (χ4v) is 2.72. The highest BCUT2D eigenvalue weighted by Gasteiger charge is 2.14. The number of amides is 1. The molecule has 1 aliphatic heterocycles. The number of carbonyl (C=O) groups is 1. The molecule has 1 atom stereocenters. The molecule has 2 heterocycles. The summed E-state index contributed by atoms with van der Waals surface area (Å²) in [5.41, 5.74) is 1.62. The van der Waals surface area contributed by atoms with E-state index in [2.05, 4.69) is 5.32 Å². The molecule has 3 rings (SSSR count). The molecule has 1 aliphatic rings. The van der Waals surface area contributed by atoms with Gasteiger partial charge in [0.25, 0.3) is 0 Å². The van der Waals surface area contributed by atoms with Gasteiger partial charge in [0.05, 0.1) is 6.10 Å². The average molecular weight is 343 g/mol. The molecule has 0 spiro atoms. The lowest BCUT2D eigenvalue weighted by Crippen LogP contribution is -2.23. The van der Waals surface area contributed by atoms with Gasteiger partial charge >= 0.3 is 0 Å². The van der Waals surface area contributed by atoms with Crippen molar-refractivity contribution in [2.45, 2.75) is 26.4 Å². The second kappa shape index (κ2) is 7.44. The van der Waals surface area contributed by atoms with E-state index < -0.39 is 6.10 Å². The molecular formula is C19H21NO5. The van der Waals surface area contributed by atoms with Crippen LogP contribution < -0.4 is 14.8 Å². The molecule has 1 aromatic carbocycles. The van der Waals surface area contributed by atoms with Crippen molar-refractivity contribution >= 4 is 12.0 Å². The number of furan rings is 1. The fourth-order valence-electron chi connectivity index (χ4n) is 2.72. The summed E-state index contributed by atoms with van der Waals surface area (Å²) in [4.78, 5) is 11.9. The summed E-state index contributed by atoms with van der Waals surface area (Å²) in [5.74, 6) is 2.64. The van der Waals surface area contributed by atoms with Crippen molar-refractivity contribution in [2.75, 3.05) is 13.3 Å². The van der Waals surface area contributed by atoms with E-state index in [-0.39, 0.29) is 12.7 Å². The molecule has 132 valence electrons. The lowest BCUT2D eigenvalue weighted by Gasteiger charge is -2.09. The van der Waals surface area contributed by atoms with Crippen LogP contribution in [0.1, 0.15) is 35.2 Å². The molecule has 1 aromatic heterocycles. The predicted molar refractivity (Wildman–Crippen MR) is 92.4 cm³/mol. The monoisotopic (exact) mass is 343 g/mol. The minimum atomic E-state index is -0.657. The first kappa shape index (κ1) is 17.1. The number of hydrogen-bond acceptors (Lipinski definition) is 5. The molecule has 0 saturated carbocycles. The number of fused-ring (bicyclic) bond motifs is 1. The first-order valence-electron chi connectivity index (χ1n) is 8.13. The van der Waals surface area contributed by atoms with Gasteiger partial charge in [0, 0.05) is 18.2 Å². The van der Waals surface area contributed by atoms with E-state index in [1.54, 1.807) is 6.08 Å². The number of rotatable bonds is 6. The van der Waals surface area contributed by atoms with Crippen LogP contribution in [-0.2, 0) is 4.79 Å². The summed E-state index contributed by atoms with van der Waals surface area (Å²) in [6.07, 6.45) is 2.92. The van der Waals surface area contributed by atoms with Crippen LogP contribution in [-0.4, -0.2) is 24.4 Å². The third-order valence-corrected chi connectivity index (χ3v) is 3.98. The third kappa shape index (κ3) is 4.22. The average Bonchev–Trinajstić information content (AvgIpc) is 3.18. The van der Waals surface area contributed by atoms with Gasteiger partial charge in [-0.1, -0.05) is 6.07 Å². The van der Waals surface area contributed by atoms with Crippen molar-refractivity contribution in [3.05, 3.63) is 53.0 Å². The topological polar surface area (TPSA) is 80.9 Å². The summed E-state index contributed by atoms with van der Waals surface area (Å²) in [6.45, 7) is 4.25. The number of nitrogens with one attached hydrogen (secondary N) is 1. The van der Waals surface area contributed by atoms with Gasteiger partial charge in [-0.2, -0.15) is 0 Å². The van der Waals surface area contributed by atoms with Crippen molar-refractivity contribution in [2.24, 2.45) is 0 Å². The van der Waals surface area contributed by atoms with Crippen molar-refractivity contribution in [3.63, 3.8) is 0 Å². The van der Waals surface area contributed by atoms with Crippen molar-refractivity contribution in [1.29, 1.82) is 0 Å². The highest BCUT2D eigenvalue weighted by Crippen LogP contribution is 2.32. The molecule has 0 fully saturated rings. The smallest absolute Gasteiger partial charge is 0.244 e. The zero-order chi connectivity index (χ0) is 17.8. The predicted octanol–water partition coefficient (Wildman–Crippen LogP) is 2.88. The maximum Gasteiger partial charge on any atom is 0.244 e. The molecule has 0 bridgehead atoms. The first-order chi connectivity index (χ1) is 12.0. The van der Waals surface area contributed by atoms with Gasteiger partial charge in [-0.3, -0.25) is 4.79 Å². The molecule has 1 amide bonds. The van der Waals surface area contributed by atoms with E-state index in [0.717, 1.165) is 16.9 Å². The number of aliphatic hydroxyl groups excluding tert-OH is 1. The van der Waals surface area contributed by atoms with E-state index in [0.29, 0.717) is 30.2 Å². The van der Waals surface area contributed by atoms with Crippen LogP contribution in [0.2, 0.25) is 0 Å². The zero-order valence-electron chi connectivity index (χ0n) is 14.2. The Hall–Kier alpha value is -2.73. The summed E-state index contributed by atoms with van der Waals surface area (Å²) < 4.78 is 15.9. The van der Waals surface area contributed by atoms with Gasteiger partial charge in [-0.25, -0.2) is 0 Å². The third-order valence-electron chi connectivity index (χ3n) is 3.98. The van der Waals surface area contributed by atoms with Gasteiger partial charge < -0.3 is 24.3 Å². The molecule has 0 aliphatic carbocycles. The SMILES string of the molecule is Cc1cc(C(O)CCNC(=O)/C=C/c2ccc3c(c2)OCO3)c(C)o1. The molecular weight excluding hydrogens is 322 g/mol. The highest BCUT2D eigenvalue weighted by atomic mass is 16.7. The van der Waals surface area contributed by atoms with Gasteiger partial charge in [0.15, 0.2) is 11.5 Å². The Morgan fingerprint density at radius 2 is 2.08 bits per heavy atom. The lowest BCUT2D eigenvalue weighted by molar-refractivity contribution is -0.116. The molecule has 6 nitrogen and oxygen atoms in total. The zero-order valence-corrected chi connectivity index (χ0v) is 14.2. The van der Waals surface area contributed by atoms with Crippen molar-refractivity contribution < 1.29 is 23.8 Å². The van der Waals surface area contributed by atoms with Gasteiger partial charge in [0.1, 0.15) is 11.5 Å². The lowest BCUT2D eigenvalue weighted by atomic mass is 10.1. The van der Waals surface area contributed by atoms with Crippen LogP contribution in [0.4, 0.5) is 0 Å². The van der Waals surface area contributed by atoms with E-state index in [1.165, 1.54) is 6.08 Å². The standard InChI is InChI=1S/C19H21NO5/c1-12-9-15(13(2)25-12)16(21)7-8-20-19(22)6-4-14-3-5-17-18(10-14)24-11-23-17/h3-6,9-10,16,21H,7-8,11H2,1-2H3,(H,20,22)/b6-4+. The fraction of sp³-hybridized carbons (Fsp3) is 0.316. The van der Waals surface area contributed by atoms with Crippen molar-refractivity contribution in [3.8, 4) is 11.5 Å². The molecule has 2 aromatic rings. The number of benzene rings is 1. The molecule has 25 heavy (non-hydrogen) atoms. The van der Waals surface area contributed by atoms with Gasteiger partial charge in [0.2, 0.25) is 12.7 Å². The van der Waals surface area contributed by atoms with Gasteiger partial charge in [-0.15, -0.1) is 0 Å². The summed E-state index contributed by atoms with van der Waals surface area (Å²) >= 11 is 0. The molecule has 0 saturated heterocycles. The van der Waals surface area contributed by atoms with Gasteiger partial charge in [-0.05, 0) is 50.1 Å². The minimum absolute atomic E-state index is 0.218. The van der Waals surface area contributed by atoms with Crippen LogP contribution in [0.15, 0.2) is 34.8 Å². The maximum absolute atomic E-state index is 11.9. The number of carbonyl (C=O) groups excluding carboxylic acids is 1. The quantitative estimate of drug-likeness (QED) is 0.788. The van der Waals surface area contributed by atoms with Crippen LogP contribution in [0.25, 0.3) is 6.08 Å². The summed E-state index contributed by atoms with van der Waals surface area (Å²) in [7, 11) is 0. The van der Waals surface area contributed by atoms with Crippen molar-refractivity contribution in [1.82, 2.24) is 5.32 Å². The largest absolute Gasteiger partial charge is 0.466 e. The summed E-state index contributed by atoms with van der Waals surface area (Å²) in [5, 5.41) is 12.9. The second-order valence-corrected chi connectivity index (χ2v) is 5.91. The Balaban J connectivity index is 1.47. The number of ether oxygens (including phenoxy) is 2. The number of hydrogen-bond donors (Lipinski definition) is 2. The maximum atomic E-state index is 11.9. The first-order valence-corrected chi connectivity index (χ1v) is 8.13.